The number of benzene rings is 9. The molecule has 0 spiro atoms. The van der Waals surface area contributed by atoms with Gasteiger partial charge in [0.1, 0.15) is 0 Å². The average Bonchev–Trinajstić information content (AvgIpc) is 3.80. The van der Waals surface area contributed by atoms with E-state index >= 15 is 0 Å². The molecule has 11 rings (SSSR count). The quantitative estimate of drug-likeness (QED) is 0.166. The maximum atomic E-state index is 2.44. The highest BCUT2D eigenvalue weighted by atomic mass is 32.1. The second-order valence-electron chi connectivity index (χ2n) is 14.1. The van der Waals surface area contributed by atoms with Crippen LogP contribution in [0.2, 0.25) is 0 Å². The lowest BCUT2D eigenvalue weighted by molar-refractivity contribution is 1.18. The molecule has 0 aliphatic rings. The second kappa shape index (κ2) is 12.9. The number of hydrogen-bond donors (Lipinski definition) is 0. The maximum Gasteiger partial charge on any atom is 0.0547 e. The summed E-state index contributed by atoms with van der Waals surface area (Å²) in [6.07, 6.45) is 0. The summed E-state index contributed by atoms with van der Waals surface area (Å²) in [5.41, 5.74) is 11.8. The van der Waals surface area contributed by atoms with Crippen molar-refractivity contribution in [2.75, 3.05) is 4.90 Å². The van der Waals surface area contributed by atoms with E-state index in [0.717, 1.165) is 17.1 Å². The Bertz CT molecular complexity index is 3210. The van der Waals surface area contributed by atoms with E-state index in [4.69, 9.17) is 0 Å². The number of anilines is 3. The molecule has 55 heavy (non-hydrogen) atoms. The van der Waals surface area contributed by atoms with Crippen molar-refractivity contribution >= 4 is 81.1 Å². The Hall–Kier alpha value is -6.94. The van der Waals surface area contributed by atoms with Crippen molar-refractivity contribution in [2.45, 2.75) is 0 Å². The van der Waals surface area contributed by atoms with Crippen molar-refractivity contribution in [1.29, 1.82) is 0 Å². The van der Waals surface area contributed by atoms with Gasteiger partial charge in [-0.3, -0.25) is 0 Å². The molecule has 0 aliphatic carbocycles. The van der Waals surface area contributed by atoms with Gasteiger partial charge in [-0.15, -0.1) is 11.3 Å². The fraction of sp³-hybridized carbons (Fsp3) is 0. The summed E-state index contributed by atoms with van der Waals surface area (Å²) >= 11 is 1.86. The van der Waals surface area contributed by atoms with Gasteiger partial charge in [-0.2, -0.15) is 0 Å². The first-order valence-corrected chi connectivity index (χ1v) is 19.6. The first-order valence-electron chi connectivity index (χ1n) is 18.8. The topological polar surface area (TPSA) is 8.17 Å². The SMILES string of the molecule is c1ccc(-c2ccccc2N(c2cccc(-c3cccc4c3ccc3c4c4ccccc4n3-c3ccccc3)c2)c2ccc3c(c2)sc2ccccc23)cc1. The highest BCUT2D eigenvalue weighted by Crippen LogP contribution is 2.45. The minimum Gasteiger partial charge on any atom is -0.310 e. The predicted molar refractivity (Wildman–Crippen MR) is 237 cm³/mol. The molecule has 0 saturated heterocycles. The Kier molecular flexibility index (Phi) is 7.39. The number of rotatable bonds is 6. The van der Waals surface area contributed by atoms with Gasteiger partial charge >= 0.3 is 0 Å². The molecule has 0 N–H and O–H groups in total. The molecule has 0 fully saturated rings. The second-order valence-corrected chi connectivity index (χ2v) is 15.2. The fourth-order valence-corrected chi connectivity index (χ4v) is 9.70. The summed E-state index contributed by atoms with van der Waals surface area (Å²) in [6.45, 7) is 0. The molecule has 9 aromatic carbocycles. The Balaban J connectivity index is 1.12. The third kappa shape index (κ3) is 5.16. The molecule has 2 aromatic heterocycles. The molecule has 2 nitrogen and oxygen atoms in total. The monoisotopic (exact) mass is 718 g/mol. The van der Waals surface area contributed by atoms with Crippen LogP contribution in [-0.2, 0) is 0 Å². The van der Waals surface area contributed by atoms with E-state index in [-0.39, 0.29) is 0 Å². The van der Waals surface area contributed by atoms with Crippen molar-refractivity contribution in [3.63, 3.8) is 0 Å². The molecule has 0 saturated carbocycles. The Morgan fingerprint density at radius 1 is 0.364 bits per heavy atom. The third-order valence-corrected chi connectivity index (χ3v) is 12.1. The fourth-order valence-electron chi connectivity index (χ4n) is 8.56. The van der Waals surface area contributed by atoms with E-state index in [1.54, 1.807) is 0 Å². The molecule has 2 heterocycles. The standard InChI is InChI=1S/C52H34N2S/c1-3-15-35(16-4-1)41-21-7-10-26-47(41)53(39-29-30-44-43-22-9-12-28-50(43)55-51(44)34-39)38-20-13-17-36(33-38)40-24-14-25-45-42(40)31-32-49-52(45)46-23-8-11-27-48(46)54(49)37-18-5-2-6-19-37/h1-34H. The number of fused-ring (bicyclic) bond motifs is 8. The molecule has 0 unspecified atom stereocenters. The van der Waals surface area contributed by atoms with Crippen molar-refractivity contribution in [3.05, 3.63) is 206 Å². The Morgan fingerprint density at radius 2 is 1.00 bits per heavy atom. The molecule has 0 amide bonds. The largest absolute Gasteiger partial charge is 0.310 e. The normalized spacial score (nSPS) is 11.6. The van der Waals surface area contributed by atoms with Gasteiger partial charge in [-0.25, -0.2) is 0 Å². The number of thiophene rings is 1. The Morgan fingerprint density at radius 3 is 1.89 bits per heavy atom. The lowest BCUT2D eigenvalue weighted by Gasteiger charge is -2.28. The molecule has 0 bridgehead atoms. The third-order valence-electron chi connectivity index (χ3n) is 11.0. The van der Waals surface area contributed by atoms with Crippen LogP contribution in [0.15, 0.2) is 206 Å². The molecular weight excluding hydrogens is 685 g/mol. The van der Waals surface area contributed by atoms with Crippen LogP contribution in [0.5, 0.6) is 0 Å². The van der Waals surface area contributed by atoms with Crippen LogP contribution in [0.3, 0.4) is 0 Å². The molecule has 11 aromatic rings. The van der Waals surface area contributed by atoms with E-state index in [2.05, 4.69) is 216 Å². The molecule has 0 aliphatic heterocycles. The van der Waals surface area contributed by atoms with E-state index in [0.29, 0.717) is 0 Å². The summed E-state index contributed by atoms with van der Waals surface area (Å²) in [7, 11) is 0. The minimum atomic E-state index is 1.11. The summed E-state index contributed by atoms with van der Waals surface area (Å²) in [4.78, 5) is 2.44. The maximum absolute atomic E-state index is 2.44. The zero-order valence-electron chi connectivity index (χ0n) is 29.9. The van der Waals surface area contributed by atoms with Gasteiger partial charge in [-0.1, -0.05) is 146 Å². The number of aromatic nitrogens is 1. The summed E-state index contributed by atoms with van der Waals surface area (Å²) in [5.74, 6) is 0. The van der Waals surface area contributed by atoms with E-state index < -0.39 is 0 Å². The van der Waals surface area contributed by atoms with Gasteiger partial charge in [0.25, 0.3) is 0 Å². The minimum absolute atomic E-state index is 1.11. The van der Waals surface area contributed by atoms with Crippen LogP contribution >= 0.6 is 11.3 Å². The van der Waals surface area contributed by atoms with Crippen molar-refractivity contribution in [2.24, 2.45) is 0 Å². The summed E-state index contributed by atoms with van der Waals surface area (Å²) < 4.78 is 4.99. The van der Waals surface area contributed by atoms with Gasteiger partial charge in [0.2, 0.25) is 0 Å². The van der Waals surface area contributed by atoms with Crippen LogP contribution in [0, 0.1) is 0 Å². The number of nitrogens with zero attached hydrogens (tertiary/aromatic N) is 2. The van der Waals surface area contributed by atoms with Gasteiger partial charge in [0.05, 0.1) is 16.7 Å². The molecule has 0 atom stereocenters. The van der Waals surface area contributed by atoms with Crippen LogP contribution in [0.4, 0.5) is 17.1 Å². The zero-order chi connectivity index (χ0) is 36.3. The van der Waals surface area contributed by atoms with Crippen LogP contribution in [0.25, 0.3) is 80.7 Å². The first kappa shape index (κ1) is 31.6. The van der Waals surface area contributed by atoms with E-state index in [9.17, 15) is 0 Å². The van der Waals surface area contributed by atoms with Crippen LogP contribution < -0.4 is 4.90 Å². The number of para-hydroxylation sites is 3. The number of hydrogen-bond acceptors (Lipinski definition) is 2. The van der Waals surface area contributed by atoms with Crippen LogP contribution in [-0.4, -0.2) is 4.57 Å². The molecule has 3 heteroatoms. The van der Waals surface area contributed by atoms with Gasteiger partial charge in [-0.05, 0) is 88.1 Å². The van der Waals surface area contributed by atoms with Gasteiger partial charge < -0.3 is 9.47 Å². The lowest BCUT2D eigenvalue weighted by atomic mass is 9.95. The molecule has 0 radical (unpaired) electrons. The van der Waals surface area contributed by atoms with E-state index in [1.807, 2.05) is 11.3 Å². The highest BCUT2D eigenvalue weighted by molar-refractivity contribution is 7.25. The lowest BCUT2D eigenvalue weighted by Crippen LogP contribution is -2.11. The molecule has 258 valence electrons. The zero-order valence-corrected chi connectivity index (χ0v) is 30.7. The van der Waals surface area contributed by atoms with Crippen LogP contribution in [0.1, 0.15) is 0 Å². The Labute approximate surface area is 323 Å². The first-order chi connectivity index (χ1) is 27.3. The van der Waals surface area contributed by atoms with Gasteiger partial charge in [0, 0.05) is 53.6 Å². The van der Waals surface area contributed by atoms with Crippen molar-refractivity contribution in [1.82, 2.24) is 4.57 Å². The average molecular weight is 719 g/mol. The van der Waals surface area contributed by atoms with Crippen molar-refractivity contribution < 1.29 is 0 Å². The predicted octanol–water partition coefficient (Wildman–Crippen LogP) is 15.1. The summed E-state index contributed by atoms with van der Waals surface area (Å²) in [5, 5.41) is 7.65. The van der Waals surface area contributed by atoms with E-state index in [1.165, 1.54) is 80.7 Å². The van der Waals surface area contributed by atoms with Crippen molar-refractivity contribution in [3.8, 4) is 27.9 Å². The van der Waals surface area contributed by atoms with Gasteiger partial charge in [0.15, 0.2) is 0 Å². The molecular formula is C52H34N2S. The summed E-state index contributed by atoms with van der Waals surface area (Å²) in [6, 6.07) is 75.1. The smallest absolute Gasteiger partial charge is 0.0547 e. The highest BCUT2D eigenvalue weighted by Gasteiger charge is 2.20.